The van der Waals surface area contributed by atoms with Gasteiger partial charge in [0.15, 0.2) is 0 Å². The van der Waals surface area contributed by atoms with Crippen LogP contribution < -0.4 is 10.5 Å². The second kappa shape index (κ2) is 2.52. The number of anilines is 1. The molecule has 0 saturated heterocycles. The molecule has 0 fully saturated rings. The number of rotatable bonds is 0. The van der Waals surface area contributed by atoms with Crippen molar-refractivity contribution in [1.82, 2.24) is 0 Å². The number of nitrogens with two attached hydrogens (primary N) is 1. The minimum atomic E-state index is -0.0360. The van der Waals surface area contributed by atoms with Crippen molar-refractivity contribution in [2.24, 2.45) is 0 Å². The monoisotopic (exact) mass is 178 g/mol. The zero-order valence-corrected chi connectivity index (χ0v) is 6.36. The quantitative estimate of drug-likeness (QED) is 0.480. The summed E-state index contributed by atoms with van der Waals surface area (Å²) in [4.78, 5) is 0. The van der Waals surface area contributed by atoms with Crippen molar-refractivity contribution in [2.45, 2.75) is 0 Å². The fourth-order valence-electron chi connectivity index (χ4n) is 0.519. The van der Waals surface area contributed by atoms with Crippen LogP contribution in [0.4, 0.5) is 5.82 Å². The number of pyridine rings is 1. The smallest absolute Gasteiger partial charge is 0.294 e. The van der Waals surface area contributed by atoms with E-state index < -0.39 is 0 Å². The minimum absolute atomic E-state index is 0.0360. The summed E-state index contributed by atoms with van der Waals surface area (Å²) in [5, 5.41) is 11.1. The molecule has 54 valence electrons. The average molecular weight is 179 g/mol. The Kier molecular flexibility index (Phi) is 1.87. The molecule has 5 heteroatoms. The van der Waals surface area contributed by atoms with Crippen molar-refractivity contribution in [2.75, 3.05) is 5.73 Å². The summed E-state index contributed by atoms with van der Waals surface area (Å²) >= 11 is 11.0. The summed E-state index contributed by atoms with van der Waals surface area (Å²) in [6.45, 7) is 0. The van der Waals surface area contributed by atoms with E-state index in [1.54, 1.807) is 0 Å². The maximum Gasteiger partial charge on any atom is 0.294 e. The first-order valence-corrected chi connectivity index (χ1v) is 3.20. The van der Waals surface area contributed by atoms with E-state index in [2.05, 4.69) is 0 Å². The molecule has 0 unspecified atom stereocenters. The Morgan fingerprint density at radius 2 is 2.10 bits per heavy atom. The minimum Gasteiger partial charge on any atom is -0.711 e. The lowest BCUT2D eigenvalue weighted by atomic mass is 10.5. The van der Waals surface area contributed by atoms with E-state index in [4.69, 9.17) is 28.9 Å². The second-order valence-corrected chi connectivity index (χ2v) is 2.56. The highest BCUT2D eigenvalue weighted by Crippen LogP contribution is 2.17. The van der Waals surface area contributed by atoms with Gasteiger partial charge in [0.05, 0.1) is 5.02 Å². The van der Waals surface area contributed by atoms with E-state index in [1.165, 1.54) is 6.07 Å². The van der Waals surface area contributed by atoms with E-state index in [0.29, 0.717) is 4.73 Å². The molecule has 0 atom stereocenters. The van der Waals surface area contributed by atoms with Gasteiger partial charge in [-0.15, -0.1) is 0 Å². The molecule has 0 amide bonds. The van der Waals surface area contributed by atoms with Crippen LogP contribution in [-0.2, 0) is 0 Å². The van der Waals surface area contributed by atoms with Gasteiger partial charge >= 0.3 is 0 Å². The van der Waals surface area contributed by atoms with E-state index in [-0.39, 0.29) is 15.9 Å². The van der Waals surface area contributed by atoms with Crippen LogP contribution in [0.15, 0.2) is 12.3 Å². The number of halogens is 2. The second-order valence-electron chi connectivity index (χ2n) is 1.72. The van der Waals surface area contributed by atoms with E-state index >= 15 is 0 Å². The van der Waals surface area contributed by atoms with Gasteiger partial charge in [0, 0.05) is 0 Å². The molecule has 3 nitrogen and oxygen atoms in total. The highest BCUT2D eigenvalue weighted by Gasteiger charge is 2.04. The van der Waals surface area contributed by atoms with Gasteiger partial charge in [0.25, 0.3) is 5.82 Å². The maximum absolute atomic E-state index is 10.7. The molecule has 2 N–H and O–H groups in total. The SMILES string of the molecule is Nc1c(Cl)cc(Cl)c[n+]1[O-]. The molecule has 0 radical (unpaired) electrons. The lowest BCUT2D eigenvalue weighted by Crippen LogP contribution is -2.30. The molecule has 1 heterocycles. The van der Waals surface area contributed by atoms with Crippen LogP contribution in [0.25, 0.3) is 0 Å². The largest absolute Gasteiger partial charge is 0.711 e. The van der Waals surface area contributed by atoms with Crippen molar-refractivity contribution in [3.8, 4) is 0 Å². The number of aromatic nitrogens is 1. The normalized spacial score (nSPS) is 9.80. The summed E-state index contributed by atoms with van der Waals surface area (Å²) in [5.74, 6) is -0.0360. The first-order chi connectivity index (χ1) is 4.61. The molecule has 1 rings (SSSR count). The van der Waals surface area contributed by atoms with Gasteiger partial charge in [0.1, 0.15) is 11.2 Å². The molecule has 0 aliphatic rings. The number of nitrogens with zero attached hydrogens (tertiary/aromatic N) is 1. The molecule has 0 aromatic carbocycles. The summed E-state index contributed by atoms with van der Waals surface area (Å²) in [6, 6.07) is 1.41. The van der Waals surface area contributed by atoms with E-state index in [9.17, 15) is 5.21 Å². The molecule has 0 aliphatic heterocycles. The summed E-state index contributed by atoms with van der Waals surface area (Å²) in [5.41, 5.74) is 5.21. The molecular weight excluding hydrogens is 175 g/mol. The van der Waals surface area contributed by atoms with Crippen LogP contribution in [0.3, 0.4) is 0 Å². The molecule has 1 aromatic rings. The van der Waals surface area contributed by atoms with Gasteiger partial charge < -0.3 is 5.21 Å². The Hall–Kier alpha value is -0.670. The van der Waals surface area contributed by atoms with Crippen LogP contribution in [0.2, 0.25) is 10.0 Å². The Labute approximate surface area is 67.6 Å². The predicted molar refractivity (Wildman–Crippen MR) is 39.8 cm³/mol. The standard InChI is InChI=1S/C5H4Cl2N2O/c6-3-1-4(7)5(8)9(10)2-3/h1-2H,8H2. The zero-order valence-electron chi connectivity index (χ0n) is 4.84. The fraction of sp³-hybridized carbons (Fsp3) is 0. The topological polar surface area (TPSA) is 53.0 Å². The van der Waals surface area contributed by atoms with Crippen molar-refractivity contribution in [1.29, 1.82) is 0 Å². The Bertz CT molecular complexity index is 241. The molecule has 0 aliphatic carbocycles. The van der Waals surface area contributed by atoms with E-state index in [1.807, 2.05) is 0 Å². The summed E-state index contributed by atoms with van der Waals surface area (Å²) in [6.07, 6.45) is 1.14. The number of hydrogen-bond donors (Lipinski definition) is 1. The van der Waals surface area contributed by atoms with Gasteiger partial charge in [0.2, 0.25) is 0 Å². The third-order valence-corrected chi connectivity index (χ3v) is 1.50. The fourth-order valence-corrected chi connectivity index (χ4v) is 0.974. The molecular formula is C5H4Cl2N2O. The summed E-state index contributed by atoms with van der Waals surface area (Å²) in [7, 11) is 0. The van der Waals surface area contributed by atoms with Crippen LogP contribution in [0, 0.1) is 5.21 Å². The molecule has 10 heavy (non-hydrogen) atoms. The highest BCUT2D eigenvalue weighted by atomic mass is 35.5. The van der Waals surface area contributed by atoms with Crippen molar-refractivity contribution < 1.29 is 4.73 Å². The Balaban J connectivity index is 3.31. The van der Waals surface area contributed by atoms with Gasteiger partial charge in [-0.2, -0.15) is 0 Å². The summed E-state index contributed by atoms with van der Waals surface area (Å²) < 4.78 is 0.421. The van der Waals surface area contributed by atoms with E-state index in [0.717, 1.165) is 6.20 Å². The molecule has 0 saturated carbocycles. The average Bonchev–Trinajstić information content (AvgIpc) is 1.82. The van der Waals surface area contributed by atoms with Gasteiger partial charge in [-0.1, -0.05) is 23.2 Å². The number of nitrogen functional groups attached to an aromatic ring is 1. The van der Waals surface area contributed by atoms with Gasteiger partial charge in [-0.05, 0) is 6.07 Å². The molecule has 1 aromatic heterocycles. The van der Waals surface area contributed by atoms with Crippen molar-refractivity contribution in [3.05, 3.63) is 27.5 Å². The Morgan fingerprint density at radius 1 is 1.50 bits per heavy atom. The van der Waals surface area contributed by atoms with Gasteiger partial charge in [-0.25, -0.2) is 4.73 Å². The number of hydrogen-bond acceptors (Lipinski definition) is 2. The van der Waals surface area contributed by atoms with Crippen LogP contribution in [0.1, 0.15) is 0 Å². The third kappa shape index (κ3) is 1.25. The van der Waals surface area contributed by atoms with Crippen molar-refractivity contribution in [3.63, 3.8) is 0 Å². The van der Waals surface area contributed by atoms with Crippen LogP contribution >= 0.6 is 23.2 Å². The van der Waals surface area contributed by atoms with Crippen LogP contribution in [0.5, 0.6) is 0 Å². The zero-order chi connectivity index (χ0) is 7.72. The molecule has 0 bridgehead atoms. The first-order valence-electron chi connectivity index (χ1n) is 2.45. The Morgan fingerprint density at radius 3 is 2.60 bits per heavy atom. The van der Waals surface area contributed by atoms with Gasteiger partial charge in [-0.3, -0.25) is 5.73 Å². The molecule has 0 spiro atoms. The lowest BCUT2D eigenvalue weighted by molar-refractivity contribution is -0.589. The third-order valence-electron chi connectivity index (χ3n) is 0.987. The lowest BCUT2D eigenvalue weighted by Gasteiger charge is -2.04. The predicted octanol–water partition coefficient (Wildman–Crippen LogP) is 1.21. The first kappa shape index (κ1) is 7.44. The highest BCUT2D eigenvalue weighted by molar-refractivity contribution is 6.35. The maximum atomic E-state index is 10.7. The van der Waals surface area contributed by atoms with Crippen molar-refractivity contribution >= 4 is 29.0 Å². The van der Waals surface area contributed by atoms with Crippen LogP contribution in [-0.4, -0.2) is 0 Å².